The lowest BCUT2D eigenvalue weighted by atomic mass is 9.94. The minimum absolute atomic E-state index is 0.175. The number of hydrogen-bond donors (Lipinski definition) is 1. The number of Topliss-reactive ketones (excluding diaryl/α,β-unsaturated/α-hetero) is 1. The first kappa shape index (κ1) is 17.1. The Morgan fingerprint density at radius 1 is 1.11 bits per heavy atom. The van der Waals surface area contributed by atoms with Crippen LogP contribution in [0.5, 0.6) is 0 Å². The average molecular weight is 374 g/mol. The number of fused-ring (bicyclic) bond motifs is 4. The Bertz CT molecular complexity index is 1200. The van der Waals surface area contributed by atoms with E-state index in [9.17, 15) is 9.90 Å². The van der Waals surface area contributed by atoms with Crippen molar-refractivity contribution in [1.29, 1.82) is 0 Å². The van der Waals surface area contributed by atoms with Gasteiger partial charge in [0.1, 0.15) is 5.52 Å². The Labute approximate surface area is 162 Å². The Hall–Kier alpha value is -2.99. The van der Waals surface area contributed by atoms with E-state index in [2.05, 4.69) is 35.4 Å². The molecular weight excluding hydrogens is 352 g/mol. The maximum atomic E-state index is 12.7. The standard InChI is InChI=1S/C22H22N4O2/c1-14-9-10-19-17(11-14)16-5-4-8-21(28)22(16)25(19)12-15(27)13-26-20-7-3-2-6-18(20)23-24-26/h2-3,6-7,9-11,15,27H,4-5,8,12-13H2,1H3/t15-/m0/s1. The molecule has 0 amide bonds. The number of carbonyl (C=O) groups is 1. The Balaban J connectivity index is 1.52. The molecule has 2 heterocycles. The first-order chi connectivity index (χ1) is 13.6. The van der Waals surface area contributed by atoms with Gasteiger partial charge in [-0.2, -0.15) is 0 Å². The van der Waals surface area contributed by atoms with Crippen LogP contribution in [0.3, 0.4) is 0 Å². The summed E-state index contributed by atoms with van der Waals surface area (Å²) in [7, 11) is 0. The molecule has 0 unspecified atom stereocenters. The average Bonchev–Trinajstić information content (AvgIpc) is 3.22. The molecule has 0 aliphatic heterocycles. The highest BCUT2D eigenvalue weighted by Gasteiger charge is 2.27. The van der Waals surface area contributed by atoms with Gasteiger partial charge in [-0.15, -0.1) is 5.10 Å². The number of ketones is 1. The van der Waals surface area contributed by atoms with E-state index in [0.717, 1.165) is 46.0 Å². The predicted octanol–water partition coefficient (Wildman–Crippen LogP) is 3.27. The highest BCUT2D eigenvalue weighted by atomic mass is 16.3. The third-order valence-corrected chi connectivity index (χ3v) is 5.62. The number of aromatic nitrogens is 4. The number of aliphatic hydroxyl groups excluding tert-OH is 1. The van der Waals surface area contributed by atoms with E-state index < -0.39 is 6.10 Å². The number of benzene rings is 2. The summed E-state index contributed by atoms with van der Waals surface area (Å²) < 4.78 is 3.74. The van der Waals surface area contributed by atoms with Crippen molar-refractivity contribution < 1.29 is 9.90 Å². The van der Waals surface area contributed by atoms with Gasteiger partial charge < -0.3 is 9.67 Å². The van der Waals surface area contributed by atoms with Gasteiger partial charge >= 0.3 is 0 Å². The van der Waals surface area contributed by atoms with E-state index in [-0.39, 0.29) is 5.78 Å². The third kappa shape index (κ3) is 2.72. The maximum Gasteiger partial charge on any atom is 0.179 e. The number of hydrogen-bond acceptors (Lipinski definition) is 4. The molecule has 0 saturated heterocycles. The summed E-state index contributed by atoms with van der Waals surface area (Å²) >= 11 is 0. The summed E-state index contributed by atoms with van der Waals surface area (Å²) in [6.45, 7) is 2.75. The molecule has 4 aromatic rings. The number of para-hydroxylation sites is 1. The Morgan fingerprint density at radius 3 is 2.86 bits per heavy atom. The van der Waals surface area contributed by atoms with Crippen LogP contribution in [0.4, 0.5) is 0 Å². The fourth-order valence-corrected chi connectivity index (χ4v) is 4.36. The van der Waals surface area contributed by atoms with Crippen LogP contribution in [0.1, 0.15) is 34.5 Å². The topological polar surface area (TPSA) is 72.9 Å². The highest BCUT2D eigenvalue weighted by Crippen LogP contribution is 2.33. The van der Waals surface area contributed by atoms with Gasteiger partial charge in [-0.25, -0.2) is 4.68 Å². The second-order valence-corrected chi connectivity index (χ2v) is 7.65. The molecule has 0 fully saturated rings. The number of nitrogens with zero attached hydrogens (tertiary/aromatic N) is 4. The lowest BCUT2D eigenvalue weighted by molar-refractivity contribution is 0.0952. The van der Waals surface area contributed by atoms with Crippen LogP contribution in [0, 0.1) is 6.92 Å². The van der Waals surface area contributed by atoms with Crippen molar-refractivity contribution in [2.45, 2.75) is 45.4 Å². The van der Waals surface area contributed by atoms with Crippen LogP contribution in [-0.4, -0.2) is 36.6 Å². The zero-order valence-electron chi connectivity index (χ0n) is 15.8. The molecular formula is C22H22N4O2. The van der Waals surface area contributed by atoms with Crippen LogP contribution >= 0.6 is 0 Å². The first-order valence-corrected chi connectivity index (χ1v) is 9.73. The fourth-order valence-electron chi connectivity index (χ4n) is 4.36. The molecule has 0 radical (unpaired) electrons. The summed E-state index contributed by atoms with van der Waals surface area (Å²) in [6, 6.07) is 14.0. The molecule has 6 nitrogen and oxygen atoms in total. The minimum atomic E-state index is -0.680. The fraction of sp³-hybridized carbons (Fsp3) is 0.318. The summed E-state index contributed by atoms with van der Waals surface area (Å²) in [5.41, 5.74) is 5.81. The van der Waals surface area contributed by atoms with Crippen LogP contribution in [0.2, 0.25) is 0 Å². The zero-order valence-corrected chi connectivity index (χ0v) is 15.8. The summed E-state index contributed by atoms with van der Waals surface area (Å²) in [4.78, 5) is 12.7. The zero-order chi connectivity index (χ0) is 19.3. The van der Waals surface area contributed by atoms with E-state index >= 15 is 0 Å². The van der Waals surface area contributed by atoms with Gasteiger partial charge in [0.15, 0.2) is 5.78 Å². The second-order valence-electron chi connectivity index (χ2n) is 7.65. The van der Waals surface area contributed by atoms with Crippen molar-refractivity contribution in [3.63, 3.8) is 0 Å². The lowest BCUT2D eigenvalue weighted by Crippen LogP contribution is -2.25. The number of aliphatic hydroxyl groups is 1. The second kappa shape index (κ2) is 6.56. The van der Waals surface area contributed by atoms with E-state index in [0.29, 0.717) is 19.5 Å². The molecule has 5 rings (SSSR count). The molecule has 1 aliphatic rings. The third-order valence-electron chi connectivity index (χ3n) is 5.62. The maximum absolute atomic E-state index is 12.7. The lowest BCUT2D eigenvalue weighted by Gasteiger charge is -2.18. The number of aryl methyl sites for hydroxylation is 2. The smallest absolute Gasteiger partial charge is 0.179 e. The SMILES string of the molecule is Cc1ccc2c(c1)c1c(n2C[C@H](O)Cn2nnc3ccccc32)C(=O)CCC1. The van der Waals surface area contributed by atoms with Gasteiger partial charge in [0.05, 0.1) is 30.4 Å². The molecule has 1 aliphatic carbocycles. The molecule has 0 saturated carbocycles. The number of rotatable bonds is 4. The van der Waals surface area contributed by atoms with Crippen molar-refractivity contribution >= 4 is 27.7 Å². The first-order valence-electron chi connectivity index (χ1n) is 9.73. The van der Waals surface area contributed by atoms with Crippen molar-refractivity contribution in [3.8, 4) is 0 Å². The molecule has 1 N–H and O–H groups in total. The Morgan fingerprint density at radius 2 is 1.96 bits per heavy atom. The van der Waals surface area contributed by atoms with E-state index in [1.54, 1.807) is 4.68 Å². The Kier molecular flexibility index (Phi) is 4.02. The summed E-state index contributed by atoms with van der Waals surface area (Å²) in [5.74, 6) is 0.175. The van der Waals surface area contributed by atoms with Crippen LogP contribution in [0.15, 0.2) is 42.5 Å². The van der Waals surface area contributed by atoms with Gasteiger partial charge in [-0.1, -0.05) is 29.0 Å². The van der Waals surface area contributed by atoms with Crippen LogP contribution in [0.25, 0.3) is 21.9 Å². The van der Waals surface area contributed by atoms with Crippen molar-refractivity contribution in [1.82, 2.24) is 19.6 Å². The van der Waals surface area contributed by atoms with Gasteiger partial charge in [-0.3, -0.25) is 4.79 Å². The van der Waals surface area contributed by atoms with Crippen LogP contribution in [-0.2, 0) is 19.5 Å². The van der Waals surface area contributed by atoms with Crippen molar-refractivity contribution in [3.05, 3.63) is 59.3 Å². The van der Waals surface area contributed by atoms with Gasteiger partial charge in [-0.05, 0) is 49.6 Å². The van der Waals surface area contributed by atoms with Gasteiger partial charge in [0.2, 0.25) is 0 Å². The molecule has 0 bridgehead atoms. The van der Waals surface area contributed by atoms with Gasteiger partial charge in [0.25, 0.3) is 0 Å². The normalized spacial score (nSPS) is 15.3. The molecule has 28 heavy (non-hydrogen) atoms. The molecule has 142 valence electrons. The summed E-state index contributed by atoms with van der Waals surface area (Å²) in [5, 5.41) is 20.3. The monoisotopic (exact) mass is 374 g/mol. The van der Waals surface area contributed by atoms with E-state index in [4.69, 9.17) is 0 Å². The van der Waals surface area contributed by atoms with Crippen molar-refractivity contribution in [2.24, 2.45) is 0 Å². The van der Waals surface area contributed by atoms with Gasteiger partial charge in [0, 0.05) is 17.3 Å². The van der Waals surface area contributed by atoms with Crippen molar-refractivity contribution in [2.75, 3.05) is 0 Å². The molecule has 0 spiro atoms. The molecule has 2 aromatic carbocycles. The largest absolute Gasteiger partial charge is 0.389 e. The van der Waals surface area contributed by atoms with Crippen LogP contribution < -0.4 is 0 Å². The summed E-state index contributed by atoms with van der Waals surface area (Å²) in [6.07, 6.45) is 1.71. The molecule has 1 atom stereocenters. The quantitative estimate of drug-likeness (QED) is 0.595. The number of carbonyl (C=O) groups excluding carboxylic acids is 1. The highest BCUT2D eigenvalue weighted by molar-refractivity contribution is 6.04. The predicted molar refractivity (Wildman–Crippen MR) is 107 cm³/mol. The van der Waals surface area contributed by atoms with E-state index in [1.807, 2.05) is 28.8 Å². The molecule has 6 heteroatoms. The minimum Gasteiger partial charge on any atom is -0.389 e. The molecule has 2 aromatic heterocycles. The van der Waals surface area contributed by atoms with E-state index in [1.165, 1.54) is 5.56 Å².